The quantitative estimate of drug-likeness (QED) is 0.236. The second kappa shape index (κ2) is 6.31. The van der Waals surface area contributed by atoms with Gasteiger partial charge in [0.1, 0.15) is 10.6 Å². The summed E-state index contributed by atoms with van der Waals surface area (Å²) in [6.45, 7) is 4.15. The fourth-order valence-electron chi connectivity index (χ4n) is 4.67. The van der Waals surface area contributed by atoms with Crippen LogP contribution in [-0.2, 0) is 0 Å². The van der Waals surface area contributed by atoms with Gasteiger partial charge in [0.25, 0.3) is 0 Å². The van der Waals surface area contributed by atoms with Crippen LogP contribution in [0.4, 0.5) is 0 Å². The van der Waals surface area contributed by atoms with Crippen LogP contribution in [0, 0.1) is 13.8 Å². The van der Waals surface area contributed by atoms with Gasteiger partial charge in [-0.3, -0.25) is 4.57 Å². The van der Waals surface area contributed by atoms with Gasteiger partial charge >= 0.3 is 0 Å². The van der Waals surface area contributed by atoms with E-state index in [4.69, 9.17) is 9.97 Å². The molecule has 8 rings (SSSR count). The van der Waals surface area contributed by atoms with Crippen LogP contribution < -0.4 is 0 Å². The summed E-state index contributed by atoms with van der Waals surface area (Å²) in [7, 11) is 0. The zero-order valence-electron chi connectivity index (χ0n) is 17.3. The number of phenols is 1. The van der Waals surface area contributed by atoms with Gasteiger partial charge < -0.3 is 5.11 Å². The summed E-state index contributed by atoms with van der Waals surface area (Å²) in [6, 6.07) is 12.2. The molecule has 0 bridgehead atoms. The van der Waals surface area contributed by atoms with Gasteiger partial charge in [0.05, 0.1) is 39.0 Å². The molecule has 0 aliphatic rings. The fraction of sp³-hybridized carbons (Fsp3) is 0.0833. The van der Waals surface area contributed by atoms with Crippen LogP contribution >= 0.6 is 56.7 Å². The van der Waals surface area contributed by atoms with Gasteiger partial charge in [-0.05, 0) is 50.2 Å². The van der Waals surface area contributed by atoms with E-state index in [-0.39, 0.29) is 5.75 Å². The summed E-state index contributed by atoms with van der Waals surface area (Å²) >= 11 is 9.12. The summed E-state index contributed by atoms with van der Waals surface area (Å²) in [5.41, 5.74) is 3.24. The minimum atomic E-state index is 0.271. The molecule has 1 N–H and O–H groups in total. The summed E-state index contributed by atoms with van der Waals surface area (Å²) in [6.07, 6.45) is 0. The number of hydrogen-bond acceptors (Lipinski definition) is 8. The van der Waals surface area contributed by atoms with Crippen molar-refractivity contribution in [1.29, 1.82) is 0 Å². The number of fused-ring (bicyclic) bond motifs is 10. The second-order valence-corrected chi connectivity index (χ2v) is 13.6. The molecule has 8 aromatic rings. The minimum absolute atomic E-state index is 0.271. The molecule has 4 nitrogen and oxygen atoms in total. The van der Waals surface area contributed by atoms with Crippen molar-refractivity contribution in [3.05, 3.63) is 46.4 Å². The maximum absolute atomic E-state index is 9.84. The Hall–Kier alpha value is -2.56. The molecule has 0 radical (unpaired) electrons. The maximum atomic E-state index is 9.84. The lowest BCUT2D eigenvalue weighted by Gasteiger charge is -2.06. The summed E-state index contributed by atoms with van der Waals surface area (Å²) in [4.78, 5) is 10.8. The third kappa shape index (κ3) is 2.43. The normalized spacial score (nSPS) is 12.7. The van der Waals surface area contributed by atoms with Crippen molar-refractivity contribution in [2.75, 3.05) is 0 Å². The first kappa shape index (κ1) is 18.8. The lowest BCUT2D eigenvalue weighted by Crippen LogP contribution is -1.94. The van der Waals surface area contributed by atoms with Crippen LogP contribution in [0.2, 0.25) is 0 Å². The van der Waals surface area contributed by atoms with E-state index in [2.05, 4.69) is 30.5 Å². The number of thiazole rings is 2. The minimum Gasteiger partial charge on any atom is -0.508 e. The van der Waals surface area contributed by atoms with E-state index in [0.717, 1.165) is 26.2 Å². The Morgan fingerprint density at radius 3 is 2.24 bits per heavy atom. The third-order valence-corrected chi connectivity index (χ3v) is 11.9. The number of aryl methyl sites for hydroxylation is 2. The van der Waals surface area contributed by atoms with E-state index in [1.165, 1.54) is 49.2 Å². The van der Waals surface area contributed by atoms with E-state index in [9.17, 15) is 5.11 Å². The molecule has 0 amide bonds. The average Bonchev–Trinajstić information content (AvgIpc) is 3.58. The molecule has 0 fully saturated rings. The van der Waals surface area contributed by atoms with Crippen molar-refractivity contribution >= 4 is 116 Å². The molecule has 2 aromatic carbocycles. The molecule has 9 heteroatoms. The maximum Gasteiger partial charge on any atom is 0.157 e. The van der Waals surface area contributed by atoms with Crippen LogP contribution in [-0.4, -0.2) is 19.6 Å². The van der Waals surface area contributed by atoms with Crippen LogP contribution in [0.1, 0.15) is 10.0 Å². The Balaban J connectivity index is 1.52. The Labute approximate surface area is 206 Å². The predicted octanol–water partition coefficient (Wildman–Crippen LogP) is 8.82. The van der Waals surface area contributed by atoms with Crippen LogP contribution in [0.3, 0.4) is 0 Å². The smallest absolute Gasteiger partial charge is 0.157 e. The molecule has 6 aromatic heterocycles. The van der Waals surface area contributed by atoms with Crippen LogP contribution in [0.25, 0.3) is 65.4 Å². The van der Waals surface area contributed by atoms with Crippen molar-refractivity contribution in [3.8, 4) is 11.4 Å². The van der Waals surface area contributed by atoms with Crippen LogP contribution in [0.5, 0.6) is 5.75 Å². The van der Waals surface area contributed by atoms with E-state index in [0.29, 0.717) is 0 Å². The highest BCUT2D eigenvalue weighted by Crippen LogP contribution is 2.50. The SMILES string of the molecule is Cc1nc2sc3c4cc5sc6c7sc(C)nc7n(-c7ccc(O)cc7)c6c5cc4sc3c2s1. The fourth-order valence-corrected chi connectivity index (χ4v) is 10.8. The largest absolute Gasteiger partial charge is 0.508 e. The number of thiophene rings is 3. The monoisotopic (exact) mass is 519 g/mol. The van der Waals surface area contributed by atoms with Gasteiger partial charge in [-0.25, -0.2) is 9.97 Å². The number of rotatable bonds is 1. The molecular weight excluding hydrogens is 507 g/mol. The van der Waals surface area contributed by atoms with Gasteiger partial charge in [0.2, 0.25) is 0 Å². The highest BCUT2D eigenvalue weighted by Gasteiger charge is 2.23. The number of benzene rings is 2. The zero-order chi connectivity index (χ0) is 22.0. The first-order chi connectivity index (χ1) is 16.0. The Morgan fingerprint density at radius 1 is 0.697 bits per heavy atom. The Kier molecular flexibility index (Phi) is 3.60. The Bertz CT molecular complexity index is 2060. The summed E-state index contributed by atoms with van der Waals surface area (Å²) in [5, 5.41) is 14.6. The number of hydrogen-bond donors (Lipinski definition) is 1. The van der Waals surface area contributed by atoms with E-state index in [1.54, 1.807) is 34.8 Å². The van der Waals surface area contributed by atoms with Gasteiger partial charge in [0, 0.05) is 25.9 Å². The van der Waals surface area contributed by atoms with Gasteiger partial charge in [-0.2, -0.15) is 0 Å². The van der Waals surface area contributed by atoms with Crippen molar-refractivity contribution in [1.82, 2.24) is 14.5 Å². The molecule has 6 heterocycles. The molecule has 0 saturated heterocycles. The third-order valence-electron chi connectivity index (χ3n) is 6.00. The number of nitrogens with zero attached hydrogens (tertiary/aromatic N) is 3. The lowest BCUT2D eigenvalue weighted by atomic mass is 10.2. The molecule has 0 unspecified atom stereocenters. The standard InChI is InChI=1S/C24H13N3OS5/c1-9-25-23-21(29-9)19-17(27(23)11-3-5-12(28)6-4-11)13-7-16-14(8-15(13)31-19)18-20(32-16)22-24(33-18)26-10(2)30-22/h3-8,28H,1-2H3. The molecule has 160 valence electrons. The second-order valence-electron chi connectivity index (χ2n) is 8.09. The molecule has 0 atom stereocenters. The van der Waals surface area contributed by atoms with Crippen molar-refractivity contribution < 1.29 is 5.11 Å². The summed E-state index contributed by atoms with van der Waals surface area (Å²) in [5.74, 6) is 0.271. The Morgan fingerprint density at radius 2 is 1.39 bits per heavy atom. The highest BCUT2D eigenvalue weighted by atomic mass is 32.1. The molecule has 0 saturated carbocycles. The summed E-state index contributed by atoms with van der Waals surface area (Å²) < 4.78 is 11.5. The lowest BCUT2D eigenvalue weighted by molar-refractivity contribution is 0.475. The van der Waals surface area contributed by atoms with Crippen molar-refractivity contribution in [2.24, 2.45) is 0 Å². The van der Waals surface area contributed by atoms with Gasteiger partial charge in [-0.1, -0.05) is 0 Å². The van der Waals surface area contributed by atoms with Crippen molar-refractivity contribution in [2.45, 2.75) is 13.8 Å². The van der Waals surface area contributed by atoms with E-state index >= 15 is 0 Å². The van der Waals surface area contributed by atoms with Gasteiger partial charge in [0.15, 0.2) is 5.65 Å². The molecule has 33 heavy (non-hydrogen) atoms. The number of aromatic hydroxyl groups is 1. The molecule has 0 aliphatic carbocycles. The zero-order valence-corrected chi connectivity index (χ0v) is 21.4. The number of phenolic OH excluding ortho intramolecular Hbond substituents is 1. The predicted molar refractivity (Wildman–Crippen MR) is 147 cm³/mol. The average molecular weight is 520 g/mol. The van der Waals surface area contributed by atoms with E-state index in [1.807, 2.05) is 46.1 Å². The molecule has 0 aliphatic heterocycles. The highest BCUT2D eigenvalue weighted by molar-refractivity contribution is 7.41. The topological polar surface area (TPSA) is 50.9 Å². The first-order valence-electron chi connectivity index (χ1n) is 10.3. The first-order valence-corrected chi connectivity index (χ1v) is 14.4. The van der Waals surface area contributed by atoms with E-state index < -0.39 is 0 Å². The van der Waals surface area contributed by atoms with Gasteiger partial charge in [-0.15, -0.1) is 56.7 Å². The molecule has 0 spiro atoms. The molecular formula is C24H13N3OS5. The van der Waals surface area contributed by atoms with Crippen molar-refractivity contribution in [3.63, 3.8) is 0 Å². The number of aromatic nitrogens is 3. The van der Waals surface area contributed by atoms with Crippen LogP contribution in [0.15, 0.2) is 36.4 Å².